The smallest absolute Gasteiger partial charge is 0.342 e. The highest BCUT2D eigenvalue weighted by Crippen LogP contribution is 2.27. The van der Waals surface area contributed by atoms with Gasteiger partial charge in [-0.2, -0.15) is 4.89 Å². The van der Waals surface area contributed by atoms with E-state index < -0.39 is 11.8 Å². The van der Waals surface area contributed by atoms with Gasteiger partial charge in [-0.25, -0.2) is 4.79 Å². The fourth-order valence-electron chi connectivity index (χ4n) is 1.38. The Balaban J connectivity index is 2.27. The van der Waals surface area contributed by atoms with Crippen LogP contribution in [0, 0.1) is 0 Å². The van der Waals surface area contributed by atoms with Gasteiger partial charge in [-0.15, -0.1) is 0 Å². The number of rotatable bonds is 4. The lowest BCUT2D eigenvalue weighted by Crippen LogP contribution is -2.27. The SMILES string of the molecule is COOC(=O)CCC1(C)OCC(C)O1. The molecule has 1 saturated heterocycles. The van der Waals surface area contributed by atoms with E-state index in [4.69, 9.17) is 9.47 Å². The highest BCUT2D eigenvalue weighted by atomic mass is 17.2. The van der Waals surface area contributed by atoms with Gasteiger partial charge < -0.3 is 9.47 Å². The van der Waals surface area contributed by atoms with Crippen LogP contribution >= 0.6 is 0 Å². The summed E-state index contributed by atoms with van der Waals surface area (Å²) >= 11 is 0. The van der Waals surface area contributed by atoms with Crippen LogP contribution in [0.3, 0.4) is 0 Å². The van der Waals surface area contributed by atoms with Gasteiger partial charge in [0.2, 0.25) is 0 Å². The molecule has 1 heterocycles. The summed E-state index contributed by atoms with van der Waals surface area (Å²) in [5.41, 5.74) is 0. The molecule has 0 aromatic rings. The molecule has 2 unspecified atom stereocenters. The van der Waals surface area contributed by atoms with Crippen LogP contribution in [0.4, 0.5) is 0 Å². The molecule has 1 aliphatic heterocycles. The van der Waals surface area contributed by atoms with Crippen molar-refractivity contribution in [3.05, 3.63) is 0 Å². The number of carbonyl (C=O) groups excluding carboxylic acids is 1. The number of hydrogen-bond donors (Lipinski definition) is 0. The third-order valence-electron chi connectivity index (χ3n) is 2.03. The van der Waals surface area contributed by atoms with E-state index in [1.807, 2.05) is 13.8 Å². The lowest BCUT2D eigenvalue weighted by molar-refractivity contribution is -0.257. The lowest BCUT2D eigenvalue weighted by atomic mass is 10.2. The van der Waals surface area contributed by atoms with Crippen molar-refractivity contribution in [2.75, 3.05) is 13.7 Å². The first-order valence-corrected chi connectivity index (χ1v) is 4.61. The molecule has 5 nitrogen and oxygen atoms in total. The van der Waals surface area contributed by atoms with Crippen molar-refractivity contribution in [1.82, 2.24) is 0 Å². The monoisotopic (exact) mass is 204 g/mol. The Morgan fingerprint density at radius 2 is 2.36 bits per heavy atom. The Morgan fingerprint density at radius 3 is 2.86 bits per heavy atom. The molecule has 82 valence electrons. The second kappa shape index (κ2) is 4.72. The highest BCUT2D eigenvalue weighted by molar-refractivity contribution is 5.68. The molecule has 1 rings (SSSR count). The van der Waals surface area contributed by atoms with E-state index in [-0.39, 0.29) is 12.5 Å². The molecular formula is C9H16O5. The Kier molecular flexibility index (Phi) is 3.86. The maximum atomic E-state index is 11.0. The minimum atomic E-state index is -0.661. The van der Waals surface area contributed by atoms with E-state index in [2.05, 4.69) is 9.78 Å². The summed E-state index contributed by atoms with van der Waals surface area (Å²) in [6, 6.07) is 0. The van der Waals surface area contributed by atoms with Crippen LogP contribution in [0.25, 0.3) is 0 Å². The second-order valence-corrected chi connectivity index (χ2v) is 3.50. The average molecular weight is 204 g/mol. The first kappa shape index (κ1) is 11.4. The van der Waals surface area contributed by atoms with Crippen molar-refractivity contribution < 1.29 is 24.0 Å². The standard InChI is InChI=1S/C9H16O5/c1-7-6-12-9(2,13-7)5-4-8(10)14-11-3/h7H,4-6H2,1-3H3. The first-order valence-electron chi connectivity index (χ1n) is 4.61. The van der Waals surface area contributed by atoms with Crippen molar-refractivity contribution in [2.24, 2.45) is 0 Å². The third-order valence-corrected chi connectivity index (χ3v) is 2.03. The number of carbonyl (C=O) groups is 1. The lowest BCUT2D eigenvalue weighted by Gasteiger charge is -2.21. The Morgan fingerprint density at radius 1 is 1.64 bits per heavy atom. The van der Waals surface area contributed by atoms with Gasteiger partial charge in [0.1, 0.15) is 0 Å². The predicted octanol–water partition coefficient (Wildman–Crippen LogP) is 1.02. The third kappa shape index (κ3) is 3.25. The minimum Gasteiger partial charge on any atom is -0.348 e. The zero-order valence-corrected chi connectivity index (χ0v) is 8.74. The molecule has 0 spiro atoms. The largest absolute Gasteiger partial charge is 0.348 e. The maximum absolute atomic E-state index is 11.0. The van der Waals surface area contributed by atoms with E-state index in [0.29, 0.717) is 13.0 Å². The quantitative estimate of drug-likeness (QED) is 0.505. The zero-order valence-electron chi connectivity index (χ0n) is 8.74. The van der Waals surface area contributed by atoms with E-state index in [0.717, 1.165) is 0 Å². The second-order valence-electron chi connectivity index (χ2n) is 3.50. The summed E-state index contributed by atoms with van der Waals surface area (Å²) in [5, 5.41) is 0. The summed E-state index contributed by atoms with van der Waals surface area (Å²) in [6.45, 7) is 4.31. The van der Waals surface area contributed by atoms with Crippen LogP contribution in [0.5, 0.6) is 0 Å². The summed E-state index contributed by atoms with van der Waals surface area (Å²) in [6.07, 6.45) is 0.773. The molecule has 1 fully saturated rings. The van der Waals surface area contributed by atoms with E-state index in [9.17, 15) is 4.79 Å². The summed E-state index contributed by atoms with van der Waals surface area (Å²) in [7, 11) is 1.30. The predicted molar refractivity (Wildman–Crippen MR) is 47.2 cm³/mol. The average Bonchev–Trinajstić information content (AvgIpc) is 2.45. The highest BCUT2D eigenvalue weighted by Gasteiger charge is 2.35. The van der Waals surface area contributed by atoms with Crippen LogP contribution in [0.15, 0.2) is 0 Å². The Bertz CT molecular complexity index is 205. The molecule has 0 amide bonds. The fourth-order valence-corrected chi connectivity index (χ4v) is 1.38. The van der Waals surface area contributed by atoms with Crippen molar-refractivity contribution in [3.63, 3.8) is 0 Å². The molecule has 2 atom stereocenters. The maximum Gasteiger partial charge on any atom is 0.342 e. The number of hydrogen-bond acceptors (Lipinski definition) is 5. The number of ether oxygens (including phenoxy) is 2. The van der Waals surface area contributed by atoms with Gasteiger partial charge in [0.25, 0.3) is 0 Å². The summed E-state index contributed by atoms with van der Waals surface area (Å²) < 4.78 is 10.9. The van der Waals surface area contributed by atoms with Crippen LogP contribution < -0.4 is 0 Å². The molecule has 0 aromatic heterocycles. The Hall–Kier alpha value is -0.650. The van der Waals surface area contributed by atoms with Crippen LogP contribution in [-0.2, 0) is 24.0 Å². The molecule has 0 bridgehead atoms. The molecule has 0 saturated carbocycles. The van der Waals surface area contributed by atoms with Crippen molar-refractivity contribution in [3.8, 4) is 0 Å². The van der Waals surface area contributed by atoms with Gasteiger partial charge in [-0.3, -0.25) is 4.89 Å². The molecule has 0 radical (unpaired) electrons. The Labute approximate surface area is 83.2 Å². The van der Waals surface area contributed by atoms with Gasteiger partial charge in [0.05, 0.1) is 26.2 Å². The molecule has 1 aliphatic rings. The van der Waals surface area contributed by atoms with Crippen LogP contribution in [0.2, 0.25) is 0 Å². The molecular weight excluding hydrogens is 188 g/mol. The van der Waals surface area contributed by atoms with Gasteiger partial charge in [-0.05, 0) is 13.8 Å². The topological polar surface area (TPSA) is 54.0 Å². The zero-order chi connectivity index (χ0) is 10.6. The van der Waals surface area contributed by atoms with E-state index in [1.54, 1.807) is 0 Å². The first-order chi connectivity index (χ1) is 6.56. The van der Waals surface area contributed by atoms with Gasteiger partial charge in [0.15, 0.2) is 5.79 Å². The van der Waals surface area contributed by atoms with Crippen molar-refractivity contribution in [2.45, 2.75) is 38.6 Å². The van der Waals surface area contributed by atoms with Gasteiger partial charge in [-0.1, -0.05) is 0 Å². The van der Waals surface area contributed by atoms with Gasteiger partial charge in [0, 0.05) is 6.42 Å². The minimum absolute atomic E-state index is 0.0819. The van der Waals surface area contributed by atoms with Crippen LogP contribution in [0.1, 0.15) is 26.7 Å². The molecule has 0 aliphatic carbocycles. The molecule has 5 heteroatoms. The van der Waals surface area contributed by atoms with E-state index in [1.165, 1.54) is 7.11 Å². The van der Waals surface area contributed by atoms with Crippen LogP contribution in [-0.4, -0.2) is 31.6 Å². The fraction of sp³-hybridized carbons (Fsp3) is 0.889. The molecule has 14 heavy (non-hydrogen) atoms. The van der Waals surface area contributed by atoms with Gasteiger partial charge >= 0.3 is 5.97 Å². The van der Waals surface area contributed by atoms with Crippen molar-refractivity contribution in [1.29, 1.82) is 0 Å². The molecule has 0 N–H and O–H groups in total. The normalized spacial score (nSPS) is 31.8. The summed E-state index contributed by atoms with van der Waals surface area (Å²) in [5.74, 6) is -1.08. The van der Waals surface area contributed by atoms with Crippen molar-refractivity contribution >= 4 is 5.97 Å². The van der Waals surface area contributed by atoms with E-state index >= 15 is 0 Å². The molecule has 0 aromatic carbocycles. The summed E-state index contributed by atoms with van der Waals surface area (Å²) in [4.78, 5) is 19.5.